The summed E-state index contributed by atoms with van der Waals surface area (Å²) in [4.78, 5) is 0. The quantitative estimate of drug-likeness (QED) is 0.812. The van der Waals surface area contributed by atoms with Gasteiger partial charge in [-0.2, -0.15) is 0 Å². The molecule has 0 aliphatic carbocycles. The number of aliphatic hydroxyl groups excluding tert-OH is 1. The maximum absolute atomic E-state index is 13.7. The van der Waals surface area contributed by atoms with Crippen molar-refractivity contribution in [3.05, 3.63) is 68.1 Å². The van der Waals surface area contributed by atoms with Crippen LogP contribution in [0.4, 0.5) is 8.78 Å². The van der Waals surface area contributed by atoms with Crippen molar-refractivity contribution in [2.24, 2.45) is 0 Å². The van der Waals surface area contributed by atoms with Crippen LogP contribution < -0.4 is 0 Å². The second kappa shape index (κ2) is 5.47. The molecule has 1 atom stereocenters. The Labute approximate surface area is 120 Å². The minimum atomic E-state index is -1.34. The van der Waals surface area contributed by atoms with Crippen LogP contribution in [0.2, 0.25) is 0 Å². The first-order chi connectivity index (χ1) is 8.49. The van der Waals surface area contributed by atoms with Crippen molar-refractivity contribution in [3.8, 4) is 0 Å². The summed E-state index contributed by atoms with van der Waals surface area (Å²) in [5.41, 5.74) is 0.0702. The van der Waals surface area contributed by atoms with Gasteiger partial charge in [-0.15, -0.1) is 0 Å². The van der Waals surface area contributed by atoms with Crippen molar-refractivity contribution < 1.29 is 13.9 Å². The number of halogens is 4. The summed E-state index contributed by atoms with van der Waals surface area (Å²) in [5, 5.41) is 10.1. The van der Waals surface area contributed by atoms with E-state index in [-0.39, 0.29) is 11.1 Å². The lowest BCUT2D eigenvalue weighted by Gasteiger charge is -2.14. The summed E-state index contributed by atoms with van der Waals surface area (Å²) in [6.45, 7) is 0. The maximum Gasteiger partial charge on any atom is 0.130 e. The highest BCUT2D eigenvalue weighted by molar-refractivity contribution is 9.10. The van der Waals surface area contributed by atoms with Gasteiger partial charge in [0.15, 0.2) is 0 Å². The van der Waals surface area contributed by atoms with Gasteiger partial charge >= 0.3 is 0 Å². The summed E-state index contributed by atoms with van der Waals surface area (Å²) in [5.74, 6) is -1.16. The average molecular weight is 378 g/mol. The van der Waals surface area contributed by atoms with Gasteiger partial charge in [0.25, 0.3) is 0 Å². The second-order valence-electron chi connectivity index (χ2n) is 3.73. The Morgan fingerprint density at radius 2 is 1.44 bits per heavy atom. The Balaban J connectivity index is 2.47. The third-order valence-corrected chi connectivity index (χ3v) is 3.50. The number of hydrogen-bond acceptors (Lipinski definition) is 1. The summed E-state index contributed by atoms with van der Waals surface area (Å²) in [7, 11) is 0. The van der Waals surface area contributed by atoms with Gasteiger partial charge in [0.05, 0.1) is 0 Å². The molecule has 94 valence electrons. The fourth-order valence-corrected chi connectivity index (χ4v) is 2.33. The molecular weight excluding hydrogens is 370 g/mol. The topological polar surface area (TPSA) is 20.2 Å². The monoisotopic (exact) mass is 376 g/mol. The lowest BCUT2D eigenvalue weighted by atomic mass is 10.0. The first-order valence-corrected chi connectivity index (χ1v) is 6.65. The summed E-state index contributed by atoms with van der Waals surface area (Å²) < 4.78 is 28.5. The predicted molar refractivity (Wildman–Crippen MR) is 72.3 cm³/mol. The Bertz CT molecular complexity index is 587. The highest BCUT2D eigenvalue weighted by Crippen LogP contribution is 2.29. The van der Waals surface area contributed by atoms with E-state index in [0.717, 1.165) is 0 Å². The van der Waals surface area contributed by atoms with Crippen LogP contribution in [0.5, 0.6) is 0 Å². The van der Waals surface area contributed by atoms with E-state index in [2.05, 4.69) is 31.9 Å². The van der Waals surface area contributed by atoms with E-state index in [1.165, 1.54) is 30.3 Å². The van der Waals surface area contributed by atoms with Crippen LogP contribution in [0.1, 0.15) is 17.2 Å². The van der Waals surface area contributed by atoms with Gasteiger partial charge in [-0.1, -0.05) is 37.9 Å². The molecular formula is C13H8Br2F2O. The molecule has 18 heavy (non-hydrogen) atoms. The molecule has 0 aliphatic rings. The van der Waals surface area contributed by atoms with Crippen LogP contribution in [-0.2, 0) is 0 Å². The smallest absolute Gasteiger partial charge is 0.130 e. The Kier molecular flexibility index (Phi) is 4.14. The lowest BCUT2D eigenvalue weighted by molar-refractivity contribution is 0.209. The van der Waals surface area contributed by atoms with Gasteiger partial charge < -0.3 is 5.11 Å². The second-order valence-corrected chi connectivity index (χ2v) is 5.57. The molecule has 1 nitrogen and oxygen atoms in total. The highest BCUT2D eigenvalue weighted by atomic mass is 79.9. The lowest BCUT2D eigenvalue weighted by Crippen LogP contribution is -2.05. The molecule has 0 fully saturated rings. The normalized spacial score (nSPS) is 12.5. The van der Waals surface area contributed by atoms with Gasteiger partial charge in [-0.25, -0.2) is 8.78 Å². The number of hydrogen-bond donors (Lipinski definition) is 1. The minimum Gasteiger partial charge on any atom is -0.383 e. The van der Waals surface area contributed by atoms with Crippen molar-refractivity contribution in [1.29, 1.82) is 0 Å². The zero-order chi connectivity index (χ0) is 13.3. The molecule has 1 unspecified atom stereocenters. The van der Waals surface area contributed by atoms with Crippen LogP contribution in [0.15, 0.2) is 45.3 Å². The van der Waals surface area contributed by atoms with Crippen molar-refractivity contribution >= 4 is 31.9 Å². The summed E-state index contributed by atoms with van der Waals surface area (Å²) in [6.07, 6.45) is -1.34. The Morgan fingerprint density at radius 1 is 0.833 bits per heavy atom. The van der Waals surface area contributed by atoms with E-state index in [1.807, 2.05) is 0 Å². The zero-order valence-corrected chi connectivity index (χ0v) is 12.2. The molecule has 0 bridgehead atoms. The Morgan fingerprint density at radius 3 is 2.11 bits per heavy atom. The SMILES string of the molecule is OC(c1ccc(Br)cc1F)c1cc(Br)ccc1F. The fraction of sp³-hybridized carbons (Fsp3) is 0.0769. The number of benzene rings is 2. The number of aliphatic hydroxyl groups is 1. The van der Waals surface area contributed by atoms with Crippen LogP contribution in [0.25, 0.3) is 0 Å². The summed E-state index contributed by atoms with van der Waals surface area (Å²) in [6, 6.07) is 8.42. The van der Waals surface area contributed by atoms with Crippen LogP contribution in [0, 0.1) is 11.6 Å². The van der Waals surface area contributed by atoms with Gasteiger partial charge in [0, 0.05) is 20.1 Å². The molecule has 2 aromatic rings. The molecule has 0 aromatic heterocycles. The van der Waals surface area contributed by atoms with Gasteiger partial charge in [0.2, 0.25) is 0 Å². The van der Waals surface area contributed by atoms with Gasteiger partial charge in [0.1, 0.15) is 17.7 Å². The van der Waals surface area contributed by atoms with Crippen molar-refractivity contribution in [2.75, 3.05) is 0 Å². The van der Waals surface area contributed by atoms with Crippen molar-refractivity contribution in [3.63, 3.8) is 0 Å². The molecule has 2 rings (SSSR count). The predicted octanol–water partition coefficient (Wildman–Crippen LogP) is 4.57. The molecule has 0 heterocycles. The third kappa shape index (κ3) is 2.79. The molecule has 0 radical (unpaired) electrons. The van der Waals surface area contributed by atoms with E-state index in [4.69, 9.17) is 0 Å². The largest absolute Gasteiger partial charge is 0.383 e. The molecule has 0 spiro atoms. The van der Waals surface area contributed by atoms with E-state index < -0.39 is 17.7 Å². The van der Waals surface area contributed by atoms with Gasteiger partial charge in [-0.05, 0) is 30.3 Å². The summed E-state index contributed by atoms with van der Waals surface area (Å²) >= 11 is 6.31. The zero-order valence-electron chi connectivity index (χ0n) is 9.00. The van der Waals surface area contributed by atoms with Crippen LogP contribution >= 0.6 is 31.9 Å². The molecule has 5 heteroatoms. The van der Waals surface area contributed by atoms with E-state index in [9.17, 15) is 13.9 Å². The molecule has 0 amide bonds. The van der Waals surface area contributed by atoms with Crippen molar-refractivity contribution in [1.82, 2.24) is 0 Å². The molecule has 0 saturated heterocycles. The average Bonchev–Trinajstić information content (AvgIpc) is 2.31. The first-order valence-electron chi connectivity index (χ1n) is 5.07. The highest BCUT2D eigenvalue weighted by Gasteiger charge is 2.18. The first kappa shape index (κ1) is 13.6. The van der Waals surface area contributed by atoms with Crippen LogP contribution in [0.3, 0.4) is 0 Å². The number of rotatable bonds is 2. The third-order valence-electron chi connectivity index (χ3n) is 2.51. The standard InChI is InChI=1S/C13H8Br2F2O/c14-7-2-4-11(16)10(5-7)13(18)9-3-1-8(15)6-12(9)17/h1-6,13,18H. The molecule has 1 N–H and O–H groups in total. The molecule has 0 aliphatic heterocycles. The maximum atomic E-state index is 13.7. The molecule has 0 saturated carbocycles. The Hall–Kier alpha value is -0.780. The van der Waals surface area contributed by atoms with E-state index in [1.54, 1.807) is 6.07 Å². The molecule has 2 aromatic carbocycles. The minimum absolute atomic E-state index is 0.0330. The van der Waals surface area contributed by atoms with Crippen molar-refractivity contribution in [2.45, 2.75) is 6.10 Å². The van der Waals surface area contributed by atoms with E-state index in [0.29, 0.717) is 8.95 Å². The van der Waals surface area contributed by atoms with Gasteiger partial charge in [-0.3, -0.25) is 0 Å². The van der Waals surface area contributed by atoms with Crippen LogP contribution in [-0.4, -0.2) is 5.11 Å². The fourth-order valence-electron chi connectivity index (χ4n) is 1.61. The van der Waals surface area contributed by atoms with E-state index >= 15 is 0 Å².